The van der Waals surface area contributed by atoms with Crippen LogP contribution in [0.2, 0.25) is 0 Å². The van der Waals surface area contributed by atoms with Gasteiger partial charge in [-0.1, -0.05) is 26.8 Å². The highest BCUT2D eigenvalue weighted by atomic mass is 14.8. The van der Waals surface area contributed by atoms with Gasteiger partial charge in [0.05, 0.1) is 16.7 Å². The van der Waals surface area contributed by atoms with E-state index in [1.807, 2.05) is 13.0 Å². The van der Waals surface area contributed by atoms with Crippen LogP contribution in [0.1, 0.15) is 32.0 Å². The third-order valence-electron chi connectivity index (χ3n) is 2.53. The van der Waals surface area contributed by atoms with E-state index in [2.05, 4.69) is 42.9 Å². The van der Waals surface area contributed by atoms with E-state index in [1.165, 1.54) is 5.56 Å². The standard InChI is InChI=1S/C13H16N2/c1-9-8-14-11-6-5-10(13(2,3)4)7-12(11)15-9/h5-8H,1-4H3. The SMILES string of the molecule is Cc1cnc2ccc(C(C)(C)C)cc2n1. The molecule has 15 heavy (non-hydrogen) atoms. The van der Waals surface area contributed by atoms with Gasteiger partial charge in [0.1, 0.15) is 0 Å². The number of hydrogen-bond donors (Lipinski definition) is 0. The maximum absolute atomic E-state index is 4.49. The topological polar surface area (TPSA) is 25.8 Å². The van der Waals surface area contributed by atoms with Gasteiger partial charge in [0, 0.05) is 6.20 Å². The van der Waals surface area contributed by atoms with Crippen LogP contribution in [0.3, 0.4) is 0 Å². The molecule has 0 aliphatic carbocycles. The van der Waals surface area contributed by atoms with E-state index >= 15 is 0 Å². The van der Waals surface area contributed by atoms with Crippen molar-refractivity contribution in [3.05, 3.63) is 35.7 Å². The Morgan fingerprint density at radius 1 is 1.07 bits per heavy atom. The molecule has 0 spiro atoms. The molecule has 2 rings (SSSR count). The second-order valence-electron chi connectivity index (χ2n) is 4.96. The Bertz CT molecular complexity index is 495. The lowest BCUT2D eigenvalue weighted by atomic mass is 9.87. The molecule has 0 saturated heterocycles. The molecule has 0 atom stereocenters. The second-order valence-corrected chi connectivity index (χ2v) is 4.96. The van der Waals surface area contributed by atoms with Crippen molar-refractivity contribution in [2.75, 3.05) is 0 Å². The summed E-state index contributed by atoms with van der Waals surface area (Å²) in [5, 5.41) is 0. The van der Waals surface area contributed by atoms with Crippen molar-refractivity contribution in [1.82, 2.24) is 9.97 Å². The van der Waals surface area contributed by atoms with Crippen LogP contribution in [0, 0.1) is 6.92 Å². The average Bonchev–Trinajstić information content (AvgIpc) is 2.15. The second kappa shape index (κ2) is 3.30. The minimum atomic E-state index is 0.166. The number of aryl methyl sites for hydroxylation is 1. The van der Waals surface area contributed by atoms with Crippen LogP contribution in [0.15, 0.2) is 24.4 Å². The van der Waals surface area contributed by atoms with Crippen molar-refractivity contribution in [1.29, 1.82) is 0 Å². The lowest BCUT2D eigenvalue weighted by molar-refractivity contribution is 0.591. The van der Waals surface area contributed by atoms with E-state index in [-0.39, 0.29) is 5.41 Å². The molecule has 2 aromatic rings. The van der Waals surface area contributed by atoms with Crippen LogP contribution in [-0.4, -0.2) is 9.97 Å². The summed E-state index contributed by atoms with van der Waals surface area (Å²) in [7, 11) is 0. The lowest BCUT2D eigenvalue weighted by Gasteiger charge is -2.18. The van der Waals surface area contributed by atoms with Gasteiger partial charge in [0.25, 0.3) is 0 Å². The zero-order chi connectivity index (χ0) is 11.1. The quantitative estimate of drug-likeness (QED) is 0.652. The zero-order valence-electron chi connectivity index (χ0n) is 9.70. The number of benzene rings is 1. The molecule has 2 heteroatoms. The number of rotatable bonds is 0. The number of nitrogens with zero attached hydrogens (tertiary/aromatic N) is 2. The van der Waals surface area contributed by atoms with Crippen molar-refractivity contribution in [2.24, 2.45) is 0 Å². The van der Waals surface area contributed by atoms with Crippen LogP contribution in [0.5, 0.6) is 0 Å². The predicted molar refractivity (Wildman–Crippen MR) is 63.0 cm³/mol. The highest BCUT2D eigenvalue weighted by Gasteiger charge is 2.14. The molecule has 0 amide bonds. The summed E-state index contributed by atoms with van der Waals surface area (Å²) in [5.41, 5.74) is 4.39. The van der Waals surface area contributed by atoms with Gasteiger partial charge in [-0.3, -0.25) is 4.98 Å². The number of fused-ring (bicyclic) bond motifs is 1. The Kier molecular flexibility index (Phi) is 2.22. The summed E-state index contributed by atoms with van der Waals surface area (Å²) in [4.78, 5) is 8.83. The Hall–Kier alpha value is -1.44. The molecular weight excluding hydrogens is 184 g/mol. The molecule has 0 bridgehead atoms. The molecule has 0 fully saturated rings. The van der Waals surface area contributed by atoms with Gasteiger partial charge in [-0.05, 0) is 30.0 Å². The Morgan fingerprint density at radius 2 is 1.80 bits per heavy atom. The molecule has 78 valence electrons. The fraction of sp³-hybridized carbons (Fsp3) is 0.385. The van der Waals surface area contributed by atoms with Gasteiger partial charge in [0.15, 0.2) is 0 Å². The van der Waals surface area contributed by atoms with Crippen LogP contribution in [-0.2, 0) is 5.41 Å². The molecule has 1 heterocycles. The first-order valence-electron chi connectivity index (χ1n) is 5.21. The van der Waals surface area contributed by atoms with E-state index in [1.54, 1.807) is 6.20 Å². The summed E-state index contributed by atoms with van der Waals surface area (Å²) in [6.45, 7) is 8.59. The minimum absolute atomic E-state index is 0.166. The largest absolute Gasteiger partial charge is 0.253 e. The fourth-order valence-electron chi connectivity index (χ4n) is 1.57. The molecule has 0 unspecified atom stereocenters. The van der Waals surface area contributed by atoms with Gasteiger partial charge in [-0.25, -0.2) is 4.98 Å². The van der Waals surface area contributed by atoms with Crippen molar-refractivity contribution in [3.8, 4) is 0 Å². The normalized spacial score (nSPS) is 12.0. The monoisotopic (exact) mass is 200 g/mol. The molecule has 2 nitrogen and oxygen atoms in total. The highest BCUT2D eigenvalue weighted by Crippen LogP contribution is 2.24. The van der Waals surface area contributed by atoms with Gasteiger partial charge in [-0.2, -0.15) is 0 Å². The molecule has 0 aliphatic heterocycles. The van der Waals surface area contributed by atoms with Gasteiger partial charge in [-0.15, -0.1) is 0 Å². The summed E-state index contributed by atoms with van der Waals surface area (Å²) >= 11 is 0. The van der Waals surface area contributed by atoms with Crippen LogP contribution < -0.4 is 0 Å². The van der Waals surface area contributed by atoms with Gasteiger partial charge in [0.2, 0.25) is 0 Å². The van der Waals surface area contributed by atoms with Crippen LogP contribution >= 0.6 is 0 Å². The first kappa shape index (κ1) is 10.1. The highest BCUT2D eigenvalue weighted by molar-refractivity contribution is 5.75. The third kappa shape index (κ3) is 1.99. The molecule has 1 aromatic carbocycles. The van der Waals surface area contributed by atoms with E-state index in [4.69, 9.17) is 0 Å². The molecule has 1 aromatic heterocycles. The Labute approximate surface area is 90.4 Å². The van der Waals surface area contributed by atoms with E-state index in [0.717, 1.165) is 16.7 Å². The summed E-state index contributed by atoms with van der Waals surface area (Å²) in [5.74, 6) is 0. The van der Waals surface area contributed by atoms with Gasteiger partial charge < -0.3 is 0 Å². The van der Waals surface area contributed by atoms with Gasteiger partial charge >= 0.3 is 0 Å². The lowest BCUT2D eigenvalue weighted by Crippen LogP contribution is -2.10. The van der Waals surface area contributed by atoms with Crippen molar-refractivity contribution < 1.29 is 0 Å². The predicted octanol–water partition coefficient (Wildman–Crippen LogP) is 3.24. The average molecular weight is 200 g/mol. The fourth-order valence-corrected chi connectivity index (χ4v) is 1.57. The first-order valence-corrected chi connectivity index (χ1v) is 5.21. The third-order valence-corrected chi connectivity index (χ3v) is 2.53. The molecule has 0 radical (unpaired) electrons. The maximum atomic E-state index is 4.49. The first-order chi connectivity index (χ1) is 6.97. The van der Waals surface area contributed by atoms with Crippen molar-refractivity contribution >= 4 is 11.0 Å². The summed E-state index contributed by atoms with van der Waals surface area (Å²) in [6, 6.07) is 6.31. The molecule has 0 N–H and O–H groups in total. The molecular formula is C13H16N2. The van der Waals surface area contributed by atoms with Crippen molar-refractivity contribution in [2.45, 2.75) is 33.1 Å². The summed E-state index contributed by atoms with van der Waals surface area (Å²) in [6.07, 6.45) is 1.80. The van der Waals surface area contributed by atoms with Crippen molar-refractivity contribution in [3.63, 3.8) is 0 Å². The summed E-state index contributed by atoms with van der Waals surface area (Å²) < 4.78 is 0. The van der Waals surface area contributed by atoms with Crippen LogP contribution in [0.25, 0.3) is 11.0 Å². The Morgan fingerprint density at radius 3 is 2.47 bits per heavy atom. The molecule has 0 aliphatic rings. The zero-order valence-corrected chi connectivity index (χ0v) is 9.70. The Balaban J connectivity index is 2.64. The number of hydrogen-bond acceptors (Lipinski definition) is 2. The maximum Gasteiger partial charge on any atom is 0.0892 e. The minimum Gasteiger partial charge on any atom is -0.253 e. The molecule has 0 saturated carbocycles. The van der Waals surface area contributed by atoms with E-state index < -0.39 is 0 Å². The number of aromatic nitrogens is 2. The van der Waals surface area contributed by atoms with E-state index in [0.29, 0.717) is 0 Å². The van der Waals surface area contributed by atoms with E-state index in [9.17, 15) is 0 Å². The van der Waals surface area contributed by atoms with Crippen LogP contribution in [0.4, 0.5) is 0 Å². The smallest absolute Gasteiger partial charge is 0.0892 e.